The number of nitrogens with two attached hydrogens (primary N) is 1. The van der Waals surface area contributed by atoms with Gasteiger partial charge in [-0.25, -0.2) is 0 Å². The van der Waals surface area contributed by atoms with Gasteiger partial charge in [-0.05, 0) is 17.9 Å². The average molecular weight is 201 g/mol. The third kappa shape index (κ3) is 8.88. The van der Waals surface area contributed by atoms with Gasteiger partial charge < -0.3 is 10.8 Å². The molecule has 0 fully saturated rings. The molecule has 1 rings (SSSR count). The lowest BCUT2D eigenvalue weighted by atomic mass is 10.3. The van der Waals surface area contributed by atoms with Gasteiger partial charge in [-0.2, -0.15) is 11.3 Å². The van der Waals surface area contributed by atoms with E-state index in [4.69, 9.17) is 10.8 Å². The molecule has 1 aromatic heterocycles. The van der Waals surface area contributed by atoms with E-state index in [-0.39, 0.29) is 0 Å². The largest absolute Gasteiger partial charge is 0.481 e. The van der Waals surface area contributed by atoms with Crippen molar-refractivity contribution in [2.45, 2.75) is 26.2 Å². The van der Waals surface area contributed by atoms with Crippen molar-refractivity contribution < 1.29 is 9.90 Å². The number of aliphatic carboxylic acids is 1. The molecule has 0 radical (unpaired) electrons. The van der Waals surface area contributed by atoms with Crippen molar-refractivity contribution in [1.82, 2.24) is 0 Å². The number of carboxylic acid groups (broad SMARTS) is 1. The fourth-order valence-electron chi connectivity index (χ4n) is 0.603. The lowest BCUT2D eigenvalue weighted by Crippen LogP contribution is -1.91. The minimum absolute atomic E-state index is 0.316. The maximum Gasteiger partial charge on any atom is 0.303 e. The molecule has 0 amide bonds. The van der Waals surface area contributed by atoms with E-state index in [1.165, 1.54) is 0 Å². The summed E-state index contributed by atoms with van der Waals surface area (Å²) in [4.78, 5) is 9.76. The summed E-state index contributed by atoms with van der Waals surface area (Å²) in [6.07, 6.45) is 2.08. The molecule has 0 spiro atoms. The number of rotatable bonds is 3. The third-order valence-electron chi connectivity index (χ3n) is 1.29. The molecular formula is C9H15NO2S. The Bertz CT molecular complexity index is 222. The predicted molar refractivity (Wildman–Crippen MR) is 55.9 cm³/mol. The molecule has 0 bridgehead atoms. The molecule has 0 aliphatic carbocycles. The normalized spacial score (nSPS) is 8.69. The Morgan fingerprint density at radius 1 is 1.69 bits per heavy atom. The van der Waals surface area contributed by atoms with Gasteiger partial charge >= 0.3 is 5.97 Å². The van der Waals surface area contributed by atoms with Crippen LogP contribution in [0.5, 0.6) is 0 Å². The van der Waals surface area contributed by atoms with Crippen LogP contribution in [0.3, 0.4) is 0 Å². The summed E-state index contributed by atoms with van der Waals surface area (Å²) < 4.78 is 0. The second kappa shape index (κ2) is 7.61. The van der Waals surface area contributed by atoms with Gasteiger partial charge in [-0.15, -0.1) is 0 Å². The molecule has 1 aromatic rings. The minimum atomic E-state index is -0.693. The van der Waals surface area contributed by atoms with Gasteiger partial charge in [0.05, 0.1) is 0 Å². The molecule has 0 atom stereocenters. The Morgan fingerprint density at radius 2 is 2.38 bits per heavy atom. The molecule has 3 nitrogen and oxygen atoms in total. The van der Waals surface area contributed by atoms with Crippen LogP contribution in [-0.2, 0) is 4.79 Å². The number of nitrogen functional groups attached to an aromatic ring is 1. The summed E-state index contributed by atoms with van der Waals surface area (Å²) >= 11 is 1.61. The lowest BCUT2D eigenvalue weighted by Gasteiger charge is -1.85. The summed E-state index contributed by atoms with van der Waals surface area (Å²) in [5.74, 6) is -0.693. The lowest BCUT2D eigenvalue weighted by molar-refractivity contribution is -0.137. The van der Waals surface area contributed by atoms with E-state index < -0.39 is 5.97 Å². The maximum absolute atomic E-state index is 9.76. The maximum atomic E-state index is 9.76. The molecule has 1 heterocycles. The summed E-state index contributed by atoms with van der Waals surface area (Å²) in [6, 6.07) is 1.88. The molecule has 4 heteroatoms. The summed E-state index contributed by atoms with van der Waals surface area (Å²) in [5, 5.41) is 11.9. The zero-order valence-corrected chi connectivity index (χ0v) is 8.51. The van der Waals surface area contributed by atoms with Crippen molar-refractivity contribution in [3.8, 4) is 0 Å². The van der Waals surface area contributed by atoms with Crippen LogP contribution in [0.4, 0.5) is 5.69 Å². The number of carbonyl (C=O) groups is 1. The summed E-state index contributed by atoms with van der Waals surface area (Å²) in [5.41, 5.74) is 6.15. The molecule has 0 aromatic carbocycles. The van der Waals surface area contributed by atoms with Gasteiger partial charge in [0, 0.05) is 17.5 Å². The second-order valence-corrected chi connectivity index (χ2v) is 3.33. The first-order chi connectivity index (χ1) is 6.16. The topological polar surface area (TPSA) is 63.3 Å². The number of unbranched alkanes of at least 4 members (excludes halogenated alkanes) is 1. The van der Waals surface area contributed by atoms with E-state index in [2.05, 4.69) is 0 Å². The first kappa shape index (κ1) is 12.0. The number of hydrogen-bond acceptors (Lipinski definition) is 3. The van der Waals surface area contributed by atoms with Gasteiger partial charge in [0.15, 0.2) is 0 Å². The molecule has 3 N–H and O–H groups in total. The summed E-state index contributed by atoms with van der Waals surface area (Å²) in [7, 11) is 0. The Kier molecular flexibility index (Phi) is 7.01. The molecule has 0 unspecified atom stereocenters. The Morgan fingerprint density at radius 3 is 2.54 bits per heavy atom. The SMILES string of the molecule is CCCCC(=O)O.Nc1ccsc1. The standard InChI is InChI=1S/C5H10O2.C4H5NS/c1-2-3-4-5(6)7;5-4-1-2-6-3-4/h2-4H2,1H3,(H,6,7);1-3H,5H2. The monoisotopic (exact) mass is 201 g/mol. The van der Waals surface area contributed by atoms with Gasteiger partial charge in [0.1, 0.15) is 0 Å². The Labute approximate surface area is 82.2 Å². The Balaban J connectivity index is 0.000000223. The van der Waals surface area contributed by atoms with E-state index in [1.54, 1.807) is 11.3 Å². The van der Waals surface area contributed by atoms with Crippen molar-refractivity contribution >= 4 is 23.0 Å². The van der Waals surface area contributed by atoms with Crippen molar-refractivity contribution in [2.24, 2.45) is 0 Å². The van der Waals surface area contributed by atoms with E-state index >= 15 is 0 Å². The van der Waals surface area contributed by atoms with Crippen LogP contribution in [-0.4, -0.2) is 11.1 Å². The highest BCUT2D eigenvalue weighted by molar-refractivity contribution is 7.08. The first-order valence-electron chi connectivity index (χ1n) is 4.16. The molecule has 0 aliphatic heterocycles. The highest BCUT2D eigenvalue weighted by Gasteiger charge is 1.90. The van der Waals surface area contributed by atoms with Gasteiger partial charge in [-0.1, -0.05) is 13.3 Å². The van der Waals surface area contributed by atoms with Crippen LogP contribution in [0, 0.1) is 0 Å². The van der Waals surface area contributed by atoms with Crippen molar-refractivity contribution in [2.75, 3.05) is 5.73 Å². The quantitative estimate of drug-likeness (QED) is 0.790. The highest BCUT2D eigenvalue weighted by Crippen LogP contribution is 2.05. The fourth-order valence-corrected chi connectivity index (χ4v) is 1.15. The summed E-state index contributed by atoms with van der Waals surface area (Å²) in [6.45, 7) is 1.98. The number of anilines is 1. The third-order valence-corrected chi connectivity index (χ3v) is 1.99. The minimum Gasteiger partial charge on any atom is -0.481 e. The van der Waals surface area contributed by atoms with E-state index in [1.807, 2.05) is 23.8 Å². The van der Waals surface area contributed by atoms with Gasteiger partial charge in [0.25, 0.3) is 0 Å². The van der Waals surface area contributed by atoms with Crippen LogP contribution in [0.15, 0.2) is 16.8 Å². The van der Waals surface area contributed by atoms with E-state index in [0.29, 0.717) is 6.42 Å². The number of carboxylic acids is 1. The average Bonchev–Trinajstić information content (AvgIpc) is 2.53. The van der Waals surface area contributed by atoms with Gasteiger partial charge in [-0.3, -0.25) is 4.79 Å². The zero-order chi connectivity index (χ0) is 10.1. The Hall–Kier alpha value is -1.03. The number of thiophene rings is 1. The van der Waals surface area contributed by atoms with Crippen LogP contribution in [0.1, 0.15) is 26.2 Å². The van der Waals surface area contributed by atoms with Crippen LogP contribution >= 0.6 is 11.3 Å². The fraction of sp³-hybridized carbons (Fsp3) is 0.444. The first-order valence-corrected chi connectivity index (χ1v) is 5.10. The van der Waals surface area contributed by atoms with Crippen molar-refractivity contribution in [1.29, 1.82) is 0 Å². The van der Waals surface area contributed by atoms with Crippen LogP contribution < -0.4 is 5.73 Å². The van der Waals surface area contributed by atoms with Crippen molar-refractivity contribution in [3.05, 3.63) is 16.8 Å². The molecule has 74 valence electrons. The van der Waals surface area contributed by atoms with Crippen molar-refractivity contribution in [3.63, 3.8) is 0 Å². The second-order valence-electron chi connectivity index (χ2n) is 2.55. The molecule has 0 aliphatic rings. The molecule has 0 saturated carbocycles. The van der Waals surface area contributed by atoms with Crippen LogP contribution in [0.2, 0.25) is 0 Å². The highest BCUT2D eigenvalue weighted by atomic mass is 32.1. The van der Waals surface area contributed by atoms with E-state index in [0.717, 1.165) is 18.5 Å². The molecular weight excluding hydrogens is 186 g/mol. The zero-order valence-electron chi connectivity index (χ0n) is 7.69. The predicted octanol–water partition coefficient (Wildman–Crippen LogP) is 2.59. The van der Waals surface area contributed by atoms with Crippen LogP contribution in [0.25, 0.3) is 0 Å². The van der Waals surface area contributed by atoms with E-state index in [9.17, 15) is 4.79 Å². The molecule has 0 saturated heterocycles. The molecule has 13 heavy (non-hydrogen) atoms. The van der Waals surface area contributed by atoms with Gasteiger partial charge in [0.2, 0.25) is 0 Å². The smallest absolute Gasteiger partial charge is 0.303 e. The number of hydrogen-bond donors (Lipinski definition) is 2.